The number of aromatic hydroxyl groups is 1. The molecule has 0 amide bonds. The fourth-order valence-corrected chi connectivity index (χ4v) is 4.88. The fourth-order valence-electron chi connectivity index (χ4n) is 3.90. The van der Waals surface area contributed by atoms with Gasteiger partial charge in [0, 0.05) is 16.6 Å². The molecule has 182 valence electrons. The first-order valence-corrected chi connectivity index (χ1v) is 12.2. The highest BCUT2D eigenvalue weighted by Crippen LogP contribution is 2.32. The van der Waals surface area contributed by atoms with Gasteiger partial charge in [-0.05, 0) is 66.1 Å². The SMILES string of the molecule is Cc1ccsc1-c1cc(F)ccc1CNc1nc(=NC2CC2)n2ncc(=Cc3[nH]c(=O)[nH]c3O)c2n1. The lowest BCUT2D eigenvalue weighted by atomic mass is 10.0. The van der Waals surface area contributed by atoms with Gasteiger partial charge in [0.15, 0.2) is 5.65 Å². The van der Waals surface area contributed by atoms with Gasteiger partial charge in [-0.2, -0.15) is 19.6 Å². The lowest BCUT2D eigenvalue weighted by molar-refractivity contribution is 0.454. The maximum absolute atomic E-state index is 14.1. The standard InChI is InChI=1S/C24H21FN8O2S/c1-12-6-7-36-19(12)17-9-15(25)3-2-13(17)10-26-22-30-20-14(8-18-21(34)31-24(35)29-18)11-27-33(20)23(32-22)28-16-4-5-16/h2-3,6-9,11,16,34H,4-5,10H2,1H3,(H,26,28,32)(H2,29,31,35). The van der Waals surface area contributed by atoms with Gasteiger partial charge in [-0.15, -0.1) is 11.3 Å². The van der Waals surface area contributed by atoms with E-state index in [0.717, 1.165) is 34.4 Å². The number of fused-ring (bicyclic) bond motifs is 1. The summed E-state index contributed by atoms with van der Waals surface area (Å²) in [6.07, 6.45) is 5.13. The Labute approximate surface area is 206 Å². The van der Waals surface area contributed by atoms with Crippen molar-refractivity contribution in [1.29, 1.82) is 0 Å². The number of anilines is 1. The molecule has 4 N–H and O–H groups in total. The molecule has 4 heterocycles. The number of nitrogens with zero attached hydrogens (tertiary/aromatic N) is 5. The van der Waals surface area contributed by atoms with Crippen molar-refractivity contribution in [3.05, 3.63) is 79.8 Å². The number of halogens is 1. The predicted molar refractivity (Wildman–Crippen MR) is 133 cm³/mol. The van der Waals surface area contributed by atoms with Gasteiger partial charge < -0.3 is 15.4 Å². The van der Waals surface area contributed by atoms with E-state index in [1.807, 2.05) is 18.4 Å². The monoisotopic (exact) mass is 504 g/mol. The summed E-state index contributed by atoms with van der Waals surface area (Å²) in [6.45, 7) is 2.37. The third-order valence-corrected chi connectivity index (χ3v) is 6.92. The molecule has 1 saturated carbocycles. The minimum Gasteiger partial charge on any atom is -0.493 e. The van der Waals surface area contributed by atoms with Crippen molar-refractivity contribution in [3.8, 4) is 16.3 Å². The average Bonchev–Trinajstić information content (AvgIpc) is 3.26. The van der Waals surface area contributed by atoms with Crippen LogP contribution in [0.15, 0.2) is 45.6 Å². The number of nitrogens with one attached hydrogen (secondary N) is 3. The van der Waals surface area contributed by atoms with Gasteiger partial charge in [0.2, 0.25) is 11.8 Å². The van der Waals surface area contributed by atoms with Crippen LogP contribution in [0.3, 0.4) is 0 Å². The number of imidazole rings is 1. The van der Waals surface area contributed by atoms with Crippen LogP contribution < -0.4 is 21.8 Å². The van der Waals surface area contributed by atoms with Crippen molar-refractivity contribution >= 4 is 29.0 Å². The van der Waals surface area contributed by atoms with E-state index in [9.17, 15) is 14.3 Å². The van der Waals surface area contributed by atoms with Crippen LogP contribution in [0.1, 0.15) is 29.7 Å². The second kappa shape index (κ2) is 8.72. The first-order valence-electron chi connectivity index (χ1n) is 11.3. The summed E-state index contributed by atoms with van der Waals surface area (Å²) in [6, 6.07) is 6.95. The molecule has 1 aliphatic rings. The molecule has 36 heavy (non-hydrogen) atoms. The van der Waals surface area contributed by atoms with Crippen molar-refractivity contribution in [2.75, 3.05) is 5.32 Å². The van der Waals surface area contributed by atoms with E-state index in [0.29, 0.717) is 29.0 Å². The molecule has 0 radical (unpaired) electrons. The number of aryl methyl sites for hydroxylation is 1. The lowest BCUT2D eigenvalue weighted by Gasteiger charge is -2.11. The normalized spacial score (nSPS) is 14.7. The summed E-state index contributed by atoms with van der Waals surface area (Å²) >= 11 is 1.57. The largest absolute Gasteiger partial charge is 0.493 e. The number of benzene rings is 1. The molecule has 10 nitrogen and oxygen atoms in total. The van der Waals surface area contributed by atoms with Crippen molar-refractivity contribution in [2.45, 2.75) is 32.4 Å². The molecule has 0 saturated heterocycles. The first-order chi connectivity index (χ1) is 17.4. The minimum absolute atomic E-state index is 0.197. The highest BCUT2D eigenvalue weighted by atomic mass is 32.1. The van der Waals surface area contributed by atoms with E-state index in [2.05, 4.69) is 35.3 Å². The smallest absolute Gasteiger partial charge is 0.326 e. The van der Waals surface area contributed by atoms with Crippen molar-refractivity contribution in [3.63, 3.8) is 0 Å². The van der Waals surface area contributed by atoms with Gasteiger partial charge in [0.25, 0.3) is 5.62 Å². The second-order valence-corrected chi connectivity index (χ2v) is 9.53. The highest BCUT2D eigenvalue weighted by molar-refractivity contribution is 7.13. The molecule has 0 aliphatic heterocycles. The van der Waals surface area contributed by atoms with Gasteiger partial charge in [0.05, 0.1) is 12.2 Å². The maximum Gasteiger partial charge on any atom is 0.326 e. The van der Waals surface area contributed by atoms with Crippen LogP contribution in [0, 0.1) is 12.7 Å². The van der Waals surface area contributed by atoms with Crippen LogP contribution >= 0.6 is 11.3 Å². The van der Waals surface area contributed by atoms with Gasteiger partial charge >= 0.3 is 5.69 Å². The molecule has 0 bridgehead atoms. The van der Waals surface area contributed by atoms with Crippen molar-refractivity contribution < 1.29 is 9.50 Å². The molecule has 1 aromatic carbocycles. The summed E-state index contributed by atoms with van der Waals surface area (Å²) in [7, 11) is 0. The fraction of sp³-hybridized carbons (Fsp3) is 0.208. The molecule has 6 rings (SSSR count). The zero-order valence-corrected chi connectivity index (χ0v) is 19.9. The molecule has 12 heteroatoms. The molecule has 1 fully saturated rings. The lowest BCUT2D eigenvalue weighted by Crippen LogP contribution is -2.24. The Kier molecular flexibility index (Phi) is 5.37. The molecule has 0 atom stereocenters. The van der Waals surface area contributed by atoms with E-state index in [1.54, 1.807) is 35.7 Å². The van der Waals surface area contributed by atoms with Gasteiger partial charge in [0.1, 0.15) is 11.5 Å². The summed E-state index contributed by atoms with van der Waals surface area (Å²) in [5, 5.41) is 20.1. The number of rotatable bonds is 6. The minimum atomic E-state index is -0.521. The van der Waals surface area contributed by atoms with E-state index in [-0.39, 0.29) is 23.4 Å². The van der Waals surface area contributed by atoms with Crippen LogP contribution in [-0.2, 0) is 6.54 Å². The number of thiophene rings is 1. The van der Waals surface area contributed by atoms with Gasteiger partial charge in [-0.1, -0.05) is 6.07 Å². The second-order valence-electron chi connectivity index (χ2n) is 8.62. The van der Waals surface area contributed by atoms with E-state index < -0.39 is 5.69 Å². The Balaban J connectivity index is 1.41. The summed E-state index contributed by atoms with van der Waals surface area (Å²) in [5.41, 5.74) is 3.37. The Morgan fingerprint density at radius 2 is 2.17 bits per heavy atom. The number of H-pyrrole nitrogens is 2. The molecule has 0 unspecified atom stereocenters. The number of aromatic amines is 2. The zero-order valence-electron chi connectivity index (χ0n) is 19.1. The van der Waals surface area contributed by atoms with E-state index >= 15 is 0 Å². The summed E-state index contributed by atoms with van der Waals surface area (Å²) in [4.78, 5) is 31.2. The number of hydrogen-bond donors (Lipinski definition) is 4. The van der Waals surface area contributed by atoms with E-state index in [1.165, 1.54) is 10.6 Å². The van der Waals surface area contributed by atoms with Crippen LogP contribution in [0.2, 0.25) is 0 Å². The zero-order chi connectivity index (χ0) is 24.8. The molecular formula is C24H21FN8O2S. The molecular weight excluding hydrogens is 483 g/mol. The van der Waals surface area contributed by atoms with Gasteiger partial charge in [-0.3, -0.25) is 4.98 Å². The molecule has 5 aromatic rings. The topological polar surface area (TPSA) is 136 Å². The van der Waals surface area contributed by atoms with Crippen molar-refractivity contribution in [2.24, 2.45) is 4.99 Å². The Bertz CT molecular complexity index is 1780. The Hall–Kier alpha value is -4.32. The Morgan fingerprint density at radius 3 is 2.89 bits per heavy atom. The molecule has 0 spiro atoms. The molecule has 4 aromatic heterocycles. The number of aromatic nitrogens is 6. The van der Waals surface area contributed by atoms with Gasteiger partial charge in [-0.25, -0.2) is 14.2 Å². The summed E-state index contributed by atoms with van der Waals surface area (Å²) < 4.78 is 15.6. The van der Waals surface area contributed by atoms with Crippen LogP contribution in [0.25, 0.3) is 22.2 Å². The predicted octanol–water partition coefficient (Wildman–Crippen LogP) is 2.25. The first kappa shape index (κ1) is 22.2. The van der Waals surface area contributed by atoms with Crippen molar-refractivity contribution in [1.82, 2.24) is 29.5 Å². The third-order valence-electron chi connectivity index (χ3n) is 5.87. The van der Waals surface area contributed by atoms with Crippen LogP contribution in [-0.4, -0.2) is 40.7 Å². The Morgan fingerprint density at radius 1 is 1.31 bits per heavy atom. The quantitative estimate of drug-likeness (QED) is 0.280. The highest BCUT2D eigenvalue weighted by Gasteiger charge is 2.21. The number of hydrogen-bond acceptors (Lipinski definition) is 8. The molecule has 1 aliphatic carbocycles. The maximum atomic E-state index is 14.1. The van der Waals surface area contributed by atoms with Crippen LogP contribution in [0.5, 0.6) is 5.88 Å². The van der Waals surface area contributed by atoms with E-state index in [4.69, 9.17) is 0 Å². The average molecular weight is 505 g/mol. The summed E-state index contributed by atoms with van der Waals surface area (Å²) in [5.74, 6) is -0.236. The van der Waals surface area contributed by atoms with Crippen LogP contribution in [0.4, 0.5) is 10.3 Å². The third kappa shape index (κ3) is 4.26.